The van der Waals surface area contributed by atoms with E-state index in [1.54, 1.807) is 24.3 Å². The molecule has 1 amide bonds. The first kappa shape index (κ1) is 26.4. The van der Waals surface area contributed by atoms with Crippen molar-refractivity contribution in [1.82, 2.24) is 5.43 Å². The molecular weight excluding hydrogens is 531 g/mol. The number of esters is 2. The van der Waals surface area contributed by atoms with Gasteiger partial charge in [0.05, 0.1) is 17.3 Å². The summed E-state index contributed by atoms with van der Waals surface area (Å²) in [5, 5.41) is 14.2. The van der Waals surface area contributed by atoms with Gasteiger partial charge >= 0.3 is 11.9 Å². The Labute approximate surface area is 227 Å². The van der Waals surface area contributed by atoms with Crippen molar-refractivity contribution in [3.05, 3.63) is 123 Å². The Kier molecular flexibility index (Phi) is 8.37. The highest BCUT2D eigenvalue weighted by molar-refractivity contribution is 6.31. The third kappa shape index (κ3) is 6.97. The Bertz CT molecular complexity index is 1500. The number of hydrogen-bond donors (Lipinski definition) is 2. The first-order chi connectivity index (χ1) is 18.3. The summed E-state index contributed by atoms with van der Waals surface area (Å²) in [7, 11) is 0. The van der Waals surface area contributed by atoms with Crippen molar-refractivity contribution in [1.29, 1.82) is 0 Å². The van der Waals surface area contributed by atoms with E-state index in [4.69, 9.17) is 32.7 Å². The van der Waals surface area contributed by atoms with Crippen LogP contribution in [0.15, 0.2) is 96.1 Å². The number of carbonyl (C=O) groups is 3. The number of phenols is 1. The van der Waals surface area contributed by atoms with Crippen LogP contribution in [0.2, 0.25) is 10.0 Å². The lowest BCUT2D eigenvalue weighted by atomic mass is 10.2. The number of benzene rings is 4. The zero-order chi connectivity index (χ0) is 27.1. The summed E-state index contributed by atoms with van der Waals surface area (Å²) in [6.45, 7) is 0. The van der Waals surface area contributed by atoms with Gasteiger partial charge in [-0.05, 0) is 84.9 Å². The van der Waals surface area contributed by atoms with E-state index in [1.165, 1.54) is 72.9 Å². The van der Waals surface area contributed by atoms with Gasteiger partial charge in [0.15, 0.2) is 0 Å². The number of amides is 1. The third-order valence-corrected chi connectivity index (χ3v) is 5.56. The fourth-order valence-corrected chi connectivity index (χ4v) is 3.36. The number of halogens is 2. The van der Waals surface area contributed by atoms with Gasteiger partial charge in [0, 0.05) is 27.2 Å². The Morgan fingerprint density at radius 2 is 1.24 bits per heavy atom. The number of hydrogen-bond acceptors (Lipinski definition) is 7. The standard InChI is InChI=1S/C28H18Cl2N2O6/c29-21-8-1-18(2-9-21)27(35)37-24-14-7-20(16-31-32-26(34)17-5-12-23(33)13-6-17)25(15-24)38-28(36)19-3-10-22(30)11-4-19/h1-16,33H,(H,32,34)/b31-16+. The molecule has 0 aliphatic carbocycles. The van der Waals surface area contributed by atoms with Crippen molar-refractivity contribution in [3.8, 4) is 17.2 Å². The molecule has 8 nitrogen and oxygen atoms in total. The molecule has 4 aromatic rings. The number of nitrogens with one attached hydrogen (secondary N) is 1. The number of aromatic hydroxyl groups is 1. The van der Waals surface area contributed by atoms with Gasteiger partial charge in [-0.2, -0.15) is 5.10 Å². The predicted octanol–water partition coefficient (Wildman–Crippen LogP) is 5.90. The Balaban J connectivity index is 1.56. The SMILES string of the molecule is O=C(N/N=C/c1ccc(OC(=O)c2ccc(Cl)cc2)cc1OC(=O)c1ccc(Cl)cc1)c1ccc(O)cc1. The van der Waals surface area contributed by atoms with Gasteiger partial charge in [-0.25, -0.2) is 15.0 Å². The second kappa shape index (κ2) is 12.1. The zero-order valence-electron chi connectivity index (χ0n) is 19.4. The number of rotatable bonds is 7. The molecule has 10 heteroatoms. The van der Waals surface area contributed by atoms with Crippen LogP contribution in [0.5, 0.6) is 17.2 Å². The molecule has 0 aromatic heterocycles. The number of phenolic OH excluding ortho intramolecular Hbond substituents is 1. The molecule has 0 spiro atoms. The Hall–Kier alpha value is -4.66. The normalized spacial score (nSPS) is 10.7. The van der Waals surface area contributed by atoms with Crippen LogP contribution in [0.4, 0.5) is 0 Å². The molecule has 0 aliphatic heterocycles. The van der Waals surface area contributed by atoms with Crippen LogP contribution < -0.4 is 14.9 Å². The highest BCUT2D eigenvalue weighted by Gasteiger charge is 2.15. The minimum atomic E-state index is -0.689. The lowest BCUT2D eigenvalue weighted by molar-refractivity contribution is 0.0732. The Morgan fingerprint density at radius 3 is 1.82 bits per heavy atom. The number of carbonyl (C=O) groups excluding carboxylic acids is 3. The smallest absolute Gasteiger partial charge is 0.343 e. The second-order valence-electron chi connectivity index (χ2n) is 7.74. The first-order valence-corrected chi connectivity index (χ1v) is 11.8. The molecule has 0 saturated heterocycles. The predicted molar refractivity (Wildman–Crippen MR) is 142 cm³/mol. The van der Waals surface area contributed by atoms with Gasteiger partial charge in [-0.3, -0.25) is 4.79 Å². The van der Waals surface area contributed by atoms with Gasteiger partial charge in [-0.15, -0.1) is 0 Å². The third-order valence-electron chi connectivity index (χ3n) is 5.06. The summed E-state index contributed by atoms with van der Waals surface area (Å²) in [5.41, 5.74) is 3.45. The van der Waals surface area contributed by atoms with E-state index < -0.39 is 17.8 Å². The number of nitrogens with zero attached hydrogens (tertiary/aromatic N) is 1. The summed E-state index contributed by atoms with van der Waals surface area (Å²) in [5.74, 6) is -1.70. The average molecular weight is 549 g/mol. The maximum Gasteiger partial charge on any atom is 0.343 e. The Morgan fingerprint density at radius 1 is 0.711 bits per heavy atom. The summed E-state index contributed by atoms with van der Waals surface area (Å²) in [6, 6.07) is 22.2. The minimum absolute atomic E-state index is 0.0222. The summed E-state index contributed by atoms with van der Waals surface area (Å²) < 4.78 is 11.0. The van der Waals surface area contributed by atoms with E-state index in [-0.39, 0.29) is 33.9 Å². The van der Waals surface area contributed by atoms with Gasteiger partial charge in [0.2, 0.25) is 0 Å². The van der Waals surface area contributed by atoms with Crippen molar-refractivity contribution >= 4 is 47.3 Å². The topological polar surface area (TPSA) is 114 Å². The zero-order valence-corrected chi connectivity index (χ0v) is 20.9. The number of ether oxygens (including phenoxy) is 2. The average Bonchev–Trinajstić information content (AvgIpc) is 2.91. The van der Waals surface area contributed by atoms with Crippen molar-refractivity contribution in [2.45, 2.75) is 0 Å². The van der Waals surface area contributed by atoms with Crippen LogP contribution in [0.1, 0.15) is 36.6 Å². The maximum atomic E-state index is 12.7. The first-order valence-electron chi connectivity index (χ1n) is 11.0. The molecule has 0 bridgehead atoms. The second-order valence-corrected chi connectivity index (χ2v) is 8.61. The van der Waals surface area contributed by atoms with E-state index >= 15 is 0 Å². The van der Waals surface area contributed by atoms with Gasteiger partial charge in [-0.1, -0.05) is 23.2 Å². The molecule has 0 atom stereocenters. The highest BCUT2D eigenvalue weighted by atomic mass is 35.5. The highest BCUT2D eigenvalue weighted by Crippen LogP contribution is 2.26. The lowest BCUT2D eigenvalue weighted by Gasteiger charge is -2.11. The van der Waals surface area contributed by atoms with Crippen molar-refractivity contribution in [3.63, 3.8) is 0 Å². The molecule has 2 N–H and O–H groups in total. The molecule has 0 unspecified atom stereocenters. The summed E-state index contributed by atoms with van der Waals surface area (Å²) in [6.07, 6.45) is 1.27. The molecule has 190 valence electrons. The van der Waals surface area contributed by atoms with Crippen LogP contribution in [-0.2, 0) is 0 Å². The van der Waals surface area contributed by atoms with Crippen molar-refractivity contribution < 1.29 is 29.0 Å². The van der Waals surface area contributed by atoms with Crippen molar-refractivity contribution in [2.75, 3.05) is 0 Å². The molecule has 0 heterocycles. The molecule has 4 rings (SSSR count). The largest absolute Gasteiger partial charge is 0.508 e. The lowest BCUT2D eigenvalue weighted by Crippen LogP contribution is -2.17. The molecule has 0 fully saturated rings. The number of hydrazone groups is 1. The van der Waals surface area contributed by atoms with E-state index in [0.717, 1.165) is 0 Å². The summed E-state index contributed by atoms with van der Waals surface area (Å²) >= 11 is 11.8. The van der Waals surface area contributed by atoms with E-state index in [9.17, 15) is 19.5 Å². The van der Waals surface area contributed by atoms with E-state index in [1.807, 2.05) is 0 Å². The van der Waals surface area contributed by atoms with Gasteiger partial charge < -0.3 is 14.6 Å². The van der Waals surface area contributed by atoms with Crippen LogP contribution in [0.25, 0.3) is 0 Å². The minimum Gasteiger partial charge on any atom is -0.508 e. The van der Waals surface area contributed by atoms with Crippen LogP contribution in [-0.4, -0.2) is 29.2 Å². The van der Waals surface area contributed by atoms with Crippen LogP contribution >= 0.6 is 23.2 Å². The molecule has 0 saturated carbocycles. The summed E-state index contributed by atoms with van der Waals surface area (Å²) in [4.78, 5) is 37.5. The fourth-order valence-electron chi connectivity index (χ4n) is 3.11. The van der Waals surface area contributed by atoms with Crippen LogP contribution in [0, 0.1) is 0 Å². The monoisotopic (exact) mass is 548 g/mol. The van der Waals surface area contributed by atoms with Gasteiger partial charge in [0.25, 0.3) is 5.91 Å². The van der Waals surface area contributed by atoms with Gasteiger partial charge in [0.1, 0.15) is 17.2 Å². The van der Waals surface area contributed by atoms with E-state index in [0.29, 0.717) is 15.6 Å². The molecule has 0 aliphatic rings. The molecule has 4 aromatic carbocycles. The molecule has 0 radical (unpaired) electrons. The maximum absolute atomic E-state index is 12.7. The van der Waals surface area contributed by atoms with Crippen LogP contribution in [0.3, 0.4) is 0 Å². The quantitative estimate of drug-likeness (QED) is 0.128. The molecular formula is C28H18Cl2N2O6. The fraction of sp³-hybridized carbons (Fsp3) is 0. The van der Waals surface area contributed by atoms with Crippen molar-refractivity contribution in [2.24, 2.45) is 5.10 Å². The molecule has 38 heavy (non-hydrogen) atoms. The van der Waals surface area contributed by atoms with E-state index in [2.05, 4.69) is 10.5 Å².